The summed E-state index contributed by atoms with van der Waals surface area (Å²) in [5, 5.41) is 9.12. The SMILES string of the molecule is CCN1C(=O)C(C)(C)Oc2ccc(CO)cc21. The number of carbonyl (C=O) groups is 1. The maximum atomic E-state index is 12.2. The average molecular weight is 235 g/mol. The van der Waals surface area contributed by atoms with Gasteiger partial charge >= 0.3 is 0 Å². The molecule has 4 nitrogen and oxygen atoms in total. The number of rotatable bonds is 2. The van der Waals surface area contributed by atoms with Crippen molar-refractivity contribution in [3.05, 3.63) is 23.8 Å². The van der Waals surface area contributed by atoms with Crippen LogP contribution in [0, 0.1) is 0 Å². The summed E-state index contributed by atoms with van der Waals surface area (Å²) in [7, 11) is 0. The second-order valence-corrected chi connectivity index (χ2v) is 4.62. The van der Waals surface area contributed by atoms with Crippen LogP contribution in [0.1, 0.15) is 26.3 Å². The Bertz CT molecular complexity index is 454. The molecular formula is C13H17NO3. The van der Waals surface area contributed by atoms with Crippen molar-refractivity contribution in [1.29, 1.82) is 0 Å². The highest BCUT2D eigenvalue weighted by atomic mass is 16.5. The Morgan fingerprint density at radius 1 is 1.41 bits per heavy atom. The van der Waals surface area contributed by atoms with Gasteiger partial charge in [-0.05, 0) is 38.5 Å². The zero-order valence-electron chi connectivity index (χ0n) is 10.4. The van der Waals surface area contributed by atoms with E-state index in [1.165, 1.54) is 0 Å². The highest BCUT2D eigenvalue weighted by molar-refractivity contribution is 6.02. The van der Waals surface area contributed by atoms with Crippen molar-refractivity contribution in [2.45, 2.75) is 33.0 Å². The molecular weight excluding hydrogens is 218 g/mol. The van der Waals surface area contributed by atoms with Gasteiger partial charge in [0.25, 0.3) is 5.91 Å². The molecule has 1 aromatic rings. The van der Waals surface area contributed by atoms with Gasteiger partial charge in [-0.25, -0.2) is 0 Å². The van der Waals surface area contributed by atoms with Gasteiger partial charge in [0, 0.05) is 6.54 Å². The lowest BCUT2D eigenvalue weighted by Crippen LogP contribution is -2.52. The van der Waals surface area contributed by atoms with E-state index in [4.69, 9.17) is 9.84 Å². The minimum Gasteiger partial charge on any atom is -0.476 e. The number of likely N-dealkylation sites (N-methyl/N-ethyl adjacent to an activating group) is 1. The van der Waals surface area contributed by atoms with Gasteiger partial charge in [0.1, 0.15) is 5.75 Å². The Morgan fingerprint density at radius 3 is 2.71 bits per heavy atom. The third-order valence-electron chi connectivity index (χ3n) is 2.94. The number of anilines is 1. The monoisotopic (exact) mass is 235 g/mol. The molecule has 1 amide bonds. The first-order chi connectivity index (χ1) is 7.99. The van der Waals surface area contributed by atoms with Crippen LogP contribution in [0.25, 0.3) is 0 Å². The number of carbonyl (C=O) groups excluding carboxylic acids is 1. The van der Waals surface area contributed by atoms with Gasteiger partial charge in [0.15, 0.2) is 5.60 Å². The number of aliphatic hydroxyl groups excluding tert-OH is 1. The Labute approximate surface area is 101 Å². The number of ether oxygens (including phenoxy) is 1. The normalized spacial score (nSPS) is 17.6. The maximum absolute atomic E-state index is 12.2. The Kier molecular flexibility index (Phi) is 2.83. The summed E-state index contributed by atoms with van der Waals surface area (Å²) in [6.07, 6.45) is 0. The first-order valence-electron chi connectivity index (χ1n) is 5.74. The van der Waals surface area contributed by atoms with E-state index in [2.05, 4.69) is 0 Å². The van der Waals surface area contributed by atoms with Crippen LogP contribution >= 0.6 is 0 Å². The molecule has 0 atom stereocenters. The average Bonchev–Trinajstić information content (AvgIpc) is 2.30. The molecule has 1 aliphatic rings. The van der Waals surface area contributed by atoms with Crippen LogP contribution in [0.15, 0.2) is 18.2 Å². The predicted molar refractivity (Wildman–Crippen MR) is 65.1 cm³/mol. The second-order valence-electron chi connectivity index (χ2n) is 4.62. The number of nitrogens with zero attached hydrogens (tertiary/aromatic N) is 1. The number of hydrogen-bond acceptors (Lipinski definition) is 3. The smallest absolute Gasteiger partial charge is 0.270 e. The first-order valence-corrected chi connectivity index (χ1v) is 5.74. The fourth-order valence-corrected chi connectivity index (χ4v) is 2.03. The van der Waals surface area contributed by atoms with E-state index in [1.807, 2.05) is 6.92 Å². The summed E-state index contributed by atoms with van der Waals surface area (Å²) in [6, 6.07) is 5.41. The van der Waals surface area contributed by atoms with Crippen LogP contribution in [0.5, 0.6) is 5.75 Å². The van der Waals surface area contributed by atoms with Crippen LogP contribution in [0.4, 0.5) is 5.69 Å². The fourth-order valence-electron chi connectivity index (χ4n) is 2.03. The van der Waals surface area contributed by atoms with E-state index in [0.29, 0.717) is 12.3 Å². The molecule has 92 valence electrons. The molecule has 0 radical (unpaired) electrons. The van der Waals surface area contributed by atoms with Crippen molar-refractivity contribution in [3.63, 3.8) is 0 Å². The van der Waals surface area contributed by atoms with Gasteiger partial charge in [-0.3, -0.25) is 4.79 Å². The fraction of sp³-hybridized carbons (Fsp3) is 0.462. The van der Waals surface area contributed by atoms with Crippen LogP contribution in [0.2, 0.25) is 0 Å². The van der Waals surface area contributed by atoms with Gasteiger partial charge < -0.3 is 14.7 Å². The molecule has 0 saturated carbocycles. The molecule has 0 saturated heterocycles. The quantitative estimate of drug-likeness (QED) is 0.848. The van der Waals surface area contributed by atoms with E-state index >= 15 is 0 Å². The molecule has 1 aromatic carbocycles. The van der Waals surface area contributed by atoms with Crippen molar-refractivity contribution >= 4 is 11.6 Å². The third kappa shape index (κ3) is 1.89. The van der Waals surface area contributed by atoms with E-state index in [1.54, 1.807) is 36.9 Å². The molecule has 0 fully saturated rings. The number of fused-ring (bicyclic) bond motifs is 1. The van der Waals surface area contributed by atoms with E-state index in [0.717, 1.165) is 11.3 Å². The lowest BCUT2D eigenvalue weighted by molar-refractivity contribution is -0.132. The zero-order chi connectivity index (χ0) is 12.6. The number of hydrogen-bond donors (Lipinski definition) is 1. The van der Waals surface area contributed by atoms with Gasteiger partial charge in [-0.2, -0.15) is 0 Å². The van der Waals surface area contributed by atoms with E-state index in [9.17, 15) is 4.79 Å². The predicted octanol–water partition coefficient (Wildman–Crippen LogP) is 1.70. The number of amides is 1. The van der Waals surface area contributed by atoms with Crippen LogP contribution in [-0.4, -0.2) is 23.2 Å². The molecule has 0 bridgehead atoms. The lowest BCUT2D eigenvalue weighted by atomic mass is 10.0. The maximum Gasteiger partial charge on any atom is 0.270 e. The number of benzene rings is 1. The van der Waals surface area contributed by atoms with Gasteiger partial charge in [-0.1, -0.05) is 6.07 Å². The van der Waals surface area contributed by atoms with Crippen molar-refractivity contribution in [2.24, 2.45) is 0 Å². The molecule has 17 heavy (non-hydrogen) atoms. The van der Waals surface area contributed by atoms with Gasteiger partial charge in [0.05, 0.1) is 12.3 Å². The van der Waals surface area contributed by atoms with Crippen molar-refractivity contribution in [3.8, 4) is 5.75 Å². The van der Waals surface area contributed by atoms with Crippen LogP contribution in [-0.2, 0) is 11.4 Å². The van der Waals surface area contributed by atoms with Crippen LogP contribution in [0.3, 0.4) is 0 Å². The molecule has 0 aromatic heterocycles. The van der Waals surface area contributed by atoms with E-state index in [-0.39, 0.29) is 12.5 Å². The molecule has 1 heterocycles. The van der Waals surface area contributed by atoms with Gasteiger partial charge in [-0.15, -0.1) is 0 Å². The molecule has 1 N–H and O–H groups in total. The summed E-state index contributed by atoms with van der Waals surface area (Å²) < 4.78 is 5.69. The first kappa shape index (κ1) is 11.9. The Hall–Kier alpha value is -1.55. The van der Waals surface area contributed by atoms with E-state index < -0.39 is 5.60 Å². The highest BCUT2D eigenvalue weighted by Crippen LogP contribution is 2.38. The molecule has 1 aliphatic heterocycles. The summed E-state index contributed by atoms with van der Waals surface area (Å²) >= 11 is 0. The summed E-state index contributed by atoms with van der Waals surface area (Å²) in [5.41, 5.74) is 0.686. The second kappa shape index (κ2) is 4.04. The van der Waals surface area contributed by atoms with Crippen LogP contribution < -0.4 is 9.64 Å². The molecule has 4 heteroatoms. The van der Waals surface area contributed by atoms with Crippen molar-refractivity contribution in [1.82, 2.24) is 0 Å². The Balaban J connectivity index is 2.53. The standard InChI is InChI=1S/C13H17NO3/c1-4-14-10-7-9(8-15)5-6-11(10)17-13(2,3)12(14)16/h5-7,15H,4,8H2,1-3H3. The minimum atomic E-state index is -0.830. The summed E-state index contributed by atoms with van der Waals surface area (Å²) in [4.78, 5) is 13.9. The minimum absolute atomic E-state index is 0.0393. The van der Waals surface area contributed by atoms with Crippen molar-refractivity contribution < 1.29 is 14.6 Å². The topological polar surface area (TPSA) is 49.8 Å². The van der Waals surface area contributed by atoms with Crippen molar-refractivity contribution in [2.75, 3.05) is 11.4 Å². The number of aliphatic hydroxyl groups is 1. The molecule has 0 aliphatic carbocycles. The van der Waals surface area contributed by atoms with Gasteiger partial charge in [0.2, 0.25) is 0 Å². The molecule has 0 spiro atoms. The zero-order valence-corrected chi connectivity index (χ0v) is 10.4. The third-order valence-corrected chi connectivity index (χ3v) is 2.94. The lowest BCUT2D eigenvalue weighted by Gasteiger charge is -2.38. The summed E-state index contributed by atoms with van der Waals surface area (Å²) in [5.74, 6) is 0.635. The Morgan fingerprint density at radius 2 is 2.12 bits per heavy atom. The largest absolute Gasteiger partial charge is 0.476 e. The summed E-state index contributed by atoms with van der Waals surface area (Å²) in [6.45, 7) is 6.01. The molecule has 2 rings (SSSR count). The highest BCUT2D eigenvalue weighted by Gasteiger charge is 2.40. The molecule has 0 unspecified atom stereocenters.